The maximum absolute atomic E-state index is 12.9. The Labute approximate surface area is 156 Å². The standard InChI is InChI=1S/C17H28N2O5S2/c1-3-5-9-13-25(21,22)19(26(23,24)14-10-6-4-2)16-12-8-7-11-15(16)17(18)20/h7-8,11-12H,3-6,9-10,13-14H2,1-2H3,(H2,18,20). The molecule has 2 N–H and O–H groups in total. The van der Waals surface area contributed by atoms with E-state index in [2.05, 4.69) is 0 Å². The largest absolute Gasteiger partial charge is 0.366 e. The second-order valence-corrected chi connectivity index (χ2v) is 10.2. The Balaban J connectivity index is 3.42. The fourth-order valence-corrected chi connectivity index (χ4v) is 6.77. The minimum atomic E-state index is -4.16. The lowest BCUT2D eigenvalue weighted by atomic mass is 10.2. The van der Waals surface area contributed by atoms with E-state index in [0.29, 0.717) is 29.4 Å². The molecule has 0 aliphatic heterocycles. The SMILES string of the molecule is CCCCCS(=O)(=O)N(c1ccccc1C(N)=O)S(=O)(=O)CCCCC. The molecule has 0 atom stereocenters. The normalized spacial score (nSPS) is 12.1. The Morgan fingerprint density at radius 3 is 1.77 bits per heavy atom. The quantitative estimate of drug-likeness (QED) is 0.538. The average Bonchev–Trinajstić information content (AvgIpc) is 2.55. The molecule has 9 heteroatoms. The summed E-state index contributed by atoms with van der Waals surface area (Å²) in [6, 6.07) is 5.62. The zero-order chi connectivity index (χ0) is 19.8. The van der Waals surface area contributed by atoms with Gasteiger partial charge in [0.05, 0.1) is 22.8 Å². The van der Waals surface area contributed by atoms with Crippen LogP contribution in [0.1, 0.15) is 62.7 Å². The van der Waals surface area contributed by atoms with E-state index in [4.69, 9.17) is 5.73 Å². The van der Waals surface area contributed by atoms with Crippen molar-refractivity contribution in [2.75, 3.05) is 15.2 Å². The second-order valence-electron chi connectivity index (χ2n) is 6.12. The van der Waals surface area contributed by atoms with Gasteiger partial charge >= 0.3 is 0 Å². The topological polar surface area (TPSA) is 115 Å². The van der Waals surface area contributed by atoms with Crippen molar-refractivity contribution in [1.82, 2.24) is 0 Å². The molecule has 0 spiro atoms. The summed E-state index contributed by atoms with van der Waals surface area (Å²) < 4.78 is 51.8. The maximum Gasteiger partial charge on any atom is 0.250 e. The van der Waals surface area contributed by atoms with Gasteiger partial charge in [-0.05, 0) is 25.0 Å². The van der Waals surface area contributed by atoms with E-state index in [0.717, 1.165) is 12.8 Å². The number of amides is 1. The summed E-state index contributed by atoms with van der Waals surface area (Å²) in [5.74, 6) is -1.49. The van der Waals surface area contributed by atoms with E-state index in [1.165, 1.54) is 24.3 Å². The number of unbranched alkanes of at least 4 members (excludes halogenated alkanes) is 4. The van der Waals surface area contributed by atoms with Crippen LogP contribution in [0.5, 0.6) is 0 Å². The van der Waals surface area contributed by atoms with Crippen LogP contribution in [0.25, 0.3) is 0 Å². The van der Waals surface area contributed by atoms with Gasteiger partial charge in [0.1, 0.15) is 0 Å². The van der Waals surface area contributed by atoms with Gasteiger partial charge in [-0.1, -0.05) is 51.7 Å². The summed E-state index contributed by atoms with van der Waals surface area (Å²) >= 11 is 0. The Bertz CT molecular complexity index is 764. The lowest BCUT2D eigenvalue weighted by Crippen LogP contribution is -2.41. The minimum Gasteiger partial charge on any atom is -0.366 e. The van der Waals surface area contributed by atoms with E-state index in [1.54, 1.807) is 0 Å². The molecule has 148 valence electrons. The summed E-state index contributed by atoms with van der Waals surface area (Å²) in [6.07, 6.45) is 3.63. The number of nitrogens with zero attached hydrogens (tertiary/aromatic N) is 1. The first-order valence-corrected chi connectivity index (χ1v) is 12.0. The molecule has 26 heavy (non-hydrogen) atoms. The summed E-state index contributed by atoms with van der Waals surface area (Å²) in [5.41, 5.74) is 4.99. The van der Waals surface area contributed by atoms with Gasteiger partial charge in [-0.2, -0.15) is 3.71 Å². The summed E-state index contributed by atoms with van der Waals surface area (Å²) in [5, 5.41) is 0. The number of carbonyl (C=O) groups is 1. The summed E-state index contributed by atoms with van der Waals surface area (Å²) in [6.45, 7) is 3.85. The van der Waals surface area contributed by atoms with Crippen molar-refractivity contribution in [3.05, 3.63) is 29.8 Å². The third-order valence-corrected chi connectivity index (χ3v) is 8.26. The van der Waals surface area contributed by atoms with Crippen LogP contribution in [0.3, 0.4) is 0 Å². The third-order valence-electron chi connectivity index (χ3n) is 3.88. The highest BCUT2D eigenvalue weighted by Gasteiger charge is 2.35. The van der Waals surface area contributed by atoms with Crippen LogP contribution in [0.15, 0.2) is 24.3 Å². The van der Waals surface area contributed by atoms with Gasteiger partial charge in [0.15, 0.2) is 0 Å². The molecule has 0 unspecified atom stereocenters. The number of primary amides is 1. The number of anilines is 1. The first kappa shape index (κ1) is 22.4. The third kappa shape index (κ3) is 5.98. The zero-order valence-electron chi connectivity index (χ0n) is 15.3. The van der Waals surface area contributed by atoms with Crippen LogP contribution >= 0.6 is 0 Å². The highest BCUT2D eigenvalue weighted by Crippen LogP contribution is 2.28. The molecule has 7 nitrogen and oxygen atoms in total. The predicted molar refractivity (Wildman–Crippen MR) is 104 cm³/mol. The summed E-state index contributed by atoms with van der Waals surface area (Å²) in [7, 11) is -8.32. The Morgan fingerprint density at radius 2 is 1.35 bits per heavy atom. The smallest absolute Gasteiger partial charge is 0.250 e. The average molecular weight is 405 g/mol. The van der Waals surface area contributed by atoms with Crippen LogP contribution < -0.4 is 9.44 Å². The van der Waals surface area contributed by atoms with Crippen LogP contribution in [-0.2, 0) is 20.0 Å². The van der Waals surface area contributed by atoms with Gasteiger partial charge < -0.3 is 5.73 Å². The second kappa shape index (κ2) is 9.91. The van der Waals surface area contributed by atoms with E-state index in [-0.39, 0.29) is 22.8 Å². The molecule has 0 fully saturated rings. The van der Waals surface area contributed by atoms with E-state index < -0.39 is 26.0 Å². The highest BCUT2D eigenvalue weighted by molar-refractivity contribution is 8.10. The number of sulfonamides is 2. The predicted octanol–water partition coefficient (Wildman–Crippen LogP) is 2.63. The Morgan fingerprint density at radius 1 is 0.885 bits per heavy atom. The monoisotopic (exact) mass is 404 g/mol. The fraction of sp³-hybridized carbons (Fsp3) is 0.588. The van der Waals surface area contributed by atoms with Crippen molar-refractivity contribution in [1.29, 1.82) is 0 Å². The number of carbonyl (C=O) groups excluding carboxylic acids is 1. The summed E-state index contributed by atoms with van der Waals surface area (Å²) in [4.78, 5) is 11.7. The number of benzene rings is 1. The van der Waals surface area contributed by atoms with E-state index >= 15 is 0 Å². The first-order valence-electron chi connectivity index (χ1n) is 8.82. The van der Waals surface area contributed by atoms with Crippen molar-refractivity contribution < 1.29 is 21.6 Å². The van der Waals surface area contributed by atoms with Gasteiger partial charge in [0.25, 0.3) is 5.91 Å². The number of hydrogen-bond donors (Lipinski definition) is 1. The van der Waals surface area contributed by atoms with Crippen LogP contribution in [0.2, 0.25) is 0 Å². The maximum atomic E-state index is 12.9. The Kier molecular flexibility index (Phi) is 8.55. The Hall–Kier alpha value is -1.61. The molecule has 0 heterocycles. The number of para-hydroxylation sites is 1. The molecule has 1 aromatic carbocycles. The van der Waals surface area contributed by atoms with Crippen LogP contribution in [0, 0.1) is 0 Å². The molecule has 0 aliphatic carbocycles. The molecule has 0 aromatic heterocycles. The highest BCUT2D eigenvalue weighted by atomic mass is 32.3. The van der Waals surface area contributed by atoms with Crippen LogP contribution in [0.4, 0.5) is 5.69 Å². The minimum absolute atomic E-state index is 0.134. The van der Waals surface area contributed by atoms with Gasteiger partial charge in [-0.3, -0.25) is 4.79 Å². The molecule has 0 aliphatic rings. The van der Waals surface area contributed by atoms with Gasteiger partial charge in [0, 0.05) is 0 Å². The molecule has 1 rings (SSSR count). The molecular formula is C17H28N2O5S2. The van der Waals surface area contributed by atoms with Gasteiger partial charge in [-0.25, -0.2) is 16.8 Å². The van der Waals surface area contributed by atoms with Crippen molar-refractivity contribution >= 4 is 31.6 Å². The number of nitrogens with two attached hydrogens (primary N) is 1. The molecule has 0 saturated carbocycles. The first-order chi connectivity index (χ1) is 12.2. The zero-order valence-corrected chi connectivity index (χ0v) is 17.0. The van der Waals surface area contributed by atoms with Crippen molar-refractivity contribution in [3.63, 3.8) is 0 Å². The van der Waals surface area contributed by atoms with E-state index in [9.17, 15) is 21.6 Å². The number of rotatable bonds is 12. The lowest BCUT2D eigenvalue weighted by molar-refractivity contribution is 0.100. The fourth-order valence-electron chi connectivity index (χ4n) is 2.55. The van der Waals surface area contributed by atoms with Crippen molar-refractivity contribution in [2.45, 2.75) is 52.4 Å². The molecule has 0 bridgehead atoms. The van der Waals surface area contributed by atoms with Crippen molar-refractivity contribution in [3.8, 4) is 0 Å². The van der Waals surface area contributed by atoms with Gasteiger partial charge in [-0.15, -0.1) is 0 Å². The van der Waals surface area contributed by atoms with Gasteiger partial charge in [0.2, 0.25) is 20.0 Å². The lowest BCUT2D eigenvalue weighted by Gasteiger charge is -2.25. The van der Waals surface area contributed by atoms with Crippen molar-refractivity contribution in [2.24, 2.45) is 5.73 Å². The van der Waals surface area contributed by atoms with Crippen LogP contribution in [-0.4, -0.2) is 34.2 Å². The van der Waals surface area contributed by atoms with E-state index in [1.807, 2.05) is 13.8 Å². The number of hydrogen-bond acceptors (Lipinski definition) is 5. The molecule has 1 aromatic rings. The molecule has 1 amide bonds. The molecule has 0 radical (unpaired) electrons. The molecule has 0 saturated heterocycles. The molecular weight excluding hydrogens is 376 g/mol.